The number of carbonyl (C=O) groups is 4. The van der Waals surface area contributed by atoms with Gasteiger partial charge in [0.05, 0.1) is 45.3 Å². The maximum absolute atomic E-state index is 15.4. The molecule has 2 aromatic carbocycles. The third kappa shape index (κ3) is 5.84. The van der Waals surface area contributed by atoms with Crippen LogP contribution in [0.4, 0.5) is 19.0 Å². The highest BCUT2D eigenvalue weighted by Crippen LogP contribution is 2.65. The van der Waals surface area contributed by atoms with E-state index in [1.807, 2.05) is 6.08 Å². The Kier molecular flexibility index (Phi) is 9.48. The number of amides is 4. The summed E-state index contributed by atoms with van der Waals surface area (Å²) in [4.78, 5) is 64.2. The fraction of sp³-hybridized carbons (Fsp3) is 0.410. The summed E-state index contributed by atoms with van der Waals surface area (Å²) in [6.45, 7) is 0. The fourth-order valence-electron chi connectivity index (χ4n) is 9.80. The van der Waals surface area contributed by atoms with Crippen LogP contribution in [-0.2, 0) is 30.8 Å². The summed E-state index contributed by atoms with van der Waals surface area (Å²) in [6, 6.07) is 10.1. The highest BCUT2D eigenvalue weighted by atomic mass is 79.9. The van der Waals surface area contributed by atoms with Crippen molar-refractivity contribution in [3.63, 3.8) is 0 Å². The number of phenolic OH excluding ortho intramolecular Hbond substituents is 1. The standard InChI is InChI=1S/C39H34BrCl2F3N4O6/c1-55-29-14-18(13-27(40)32(29)50)31-23-11-12-24-30(36(53)48(34(24)51)22-5-3-2-4-6-22)25(23)16-26-35(52)49(37(54)38(26,31)19-7-9-21(41)10-8-19)47-33-28(42)15-20(17-46-33)39(43,44)45/h7-11,13-15,17,22,24-26,30-31,50H,2-6,12,16H2,1H3,(H,46,47)/t24-,25+,26-,30-,31-,38+/m0/s1. The predicted octanol–water partition coefficient (Wildman–Crippen LogP) is 8.20. The molecular weight excluding hydrogens is 828 g/mol. The van der Waals surface area contributed by atoms with E-state index >= 15 is 4.79 Å². The molecule has 4 fully saturated rings. The Morgan fingerprint density at radius 1 is 0.982 bits per heavy atom. The lowest BCUT2D eigenvalue weighted by Gasteiger charge is -2.50. The van der Waals surface area contributed by atoms with Crippen molar-refractivity contribution in [3.05, 3.63) is 91.5 Å². The zero-order valence-electron chi connectivity index (χ0n) is 29.2. The van der Waals surface area contributed by atoms with Gasteiger partial charge in [-0.1, -0.05) is 66.2 Å². The number of nitrogens with one attached hydrogen (secondary N) is 1. The number of carbonyl (C=O) groups excluding carboxylic acids is 4. The first-order valence-corrected chi connectivity index (χ1v) is 19.5. The number of phenols is 1. The smallest absolute Gasteiger partial charge is 0.417 e. The number of allylic oxidation sites excluding steroid dienone is 2. The number of aromatic nitrogens is 1. The largest absolute Gasteiger partial charge is 0.503 e. The maximum atomic E-state index is 15.4. The molecule has 288 valence electrons. The second kappa shape index (κ2) is 13.8. The van der Waals surface area contributed by atoms with Crippen LogP contribution in [0.1, 0.15) is 67.6 Å². The Morgan fingerprint density at radius 2 is 1.69 bits per heavy atom. The van der Waals surface area contributed by atoms with Crippen LogP contribution in [0.15, 0.2) is 64.8 Å². The van der Waals surface area contributed by atoms with Crippen LogP contribution in [0.25, 0.3) is 0 Å². The number of rotatable bonds is 6. The van der Waals surface area contributed by atoms with Gasteiger partial charge in [-0.2, -0.15) is 18.2 Å². The summed E-state index contributed by atoms with van der Waals surface area (Å²) in [7, 11) is 1.37. The van der Waals surface area contributed by atoms with Crippen molar-refractivity contribution in [3.8, 4) is 11.5 Å². The van der Waals surface area contributed by atoms with Crippen molar-refractivity contribution in [2.75, 3.05) is 12.5 Å². The molecule has 0 spiro atoms. The molecule has 4 amide bonds. The van der Waals surface area contributed by atoms with Crippen molar-refractivity contribution < 1.29 is 42.2 Å². The molecular formula is C39H34BrCl2F3N4O6. The number of nitrogens with zero attached hydrogens (tertiary/aromatic N) is 3. The molecule has 16 heteroatoms. The number of aromatic hydroxyl groups is 1. The second-order valence-electron chi connectivity index (χ2n) is 14.8. The van der Waals surface area contributed by atoms with Crippen LogP contribution in [0.3, 0.4) is 0 Å². The van der Waals surface area contributed by atoms with E-state index in [1.54, 1.807) is 36.4 Å². The molecule has 3 aromatic rings. The van der Waals surface area contributed by atoms with E-state index < -0.39 is 63.6 Å². The number of halogens is 6. The van der Waals surface area contributed by atoms with Gasteiger partial charge in [0.25, 0.3) is 11.8 Å². The van der Waals surface area contributed by atoms with Crippen LogP contribution >= 0.6 is 39.1 Å². The Bertz CT molecular complexity index is 2160. The van der Waals surface area contributed by atoms with Gasteiger partial charge in [-0.05, 0) is 89.0 Å². The van der Waals surface area contributed by atoms with Crippen molar-refractivity contribution in [1.82, 2.24) is 14.9 Å². The van der Waals surface area contributed by atoms with Gasteiger partial charge in [0, 0.05) is 23.2 Å². The lowest BCUT2D eigenvalue weighted by molar-refractivity contribution is -0.144. The SMILES string of the molecule is COc1cc([C@H]2C3=CC[C@@H]4C(=O)N(C5CCCCC5)C(=O)[C@@H]4[C@@H]3C[C@H]3C(=O)N(Nc4ncc(C(F)(F)F)cc4Cl)C(=O)[C@@]23c2ccc(Cl)cc2)cc(Br)c1O. The highest BCUT2D eigenvalue weighted by Gasteiger charge is 2.70. The molecule has 0 unspecified atom stereocenters. The topological polar surface area (TPSA) is 129 Å². The third-order valence-corrected chi connectivity index (χ3v) is 13.3. The lowest BCUT2D eigenvalue weighted by atomic mass is 9.49. The average molecular weight is 863 g/mol. The van der Waals surface area contributed by atoms with Crippen LogP contribution < -0.4 is 10.2 Å². The van der Waals surface area contributed by atoms with E-state index in [4.69, 9.17) is 27.9 Å². The summed E-state index contributed by atoms with van der Waals surface area (Å²) < 4.78 is 46.3. The Labute approximate surface area is 332 Å². The second-order valence-corrected chi connectivity index (χ2v) is 16.5. The number of pyridine rings is 1. The number of alkyl halides is 3. The summed E-state index contributed by atoms with van der Waals surface area (Å²) in [5.74, 6) is -6.71. The quantitative estimate of drug-likeness (QED) is 0.188. The minimum Gasteiger partial charge on any atom is -0.503 e. The highest BCUT2D eigenvalue weighted by molar-refractivity contribution is 9.10. The van der Waals surface area contributed by atoms with Crippen LogP contribution in [0.5, 0.6) is 11.5 Å². The minimum atomic E-state index is -4.75. The van der Waals surface area contributed by atoms with Gasteiger partial charge in [-0.15, -0.1) is 0 Å². The number of methoxy groups -OCH3 is 1. The molecule has 3 aliphatic carbocycles. The maximum Gasteiger partial charge on any atom is 0.417 e. The number of fused-ring (bicyclic) bond motifs is 4. The molecule has 2 aliphatic heterocycles. The number of ether oxygens (including phenoxy) is 1. The summed E-state index contributed by atoms with van der Waals surface area (Å²) >= 11 is 16.0. The van der Waals surface area contributed by atoms with Crippen molar-refractivity contribution in [2.45, 2.75) is 68.5 Å². The number of benzene rings is 2. The fourth-order valence-corrected chi connectivity index (χ4v) is 10.6. The van der Waals surface area contributed by atoms with Crippen LogP contribution in [0.2, 0.25) is 10.0 Å². The first kappa shape index (κ1) is 37.8. The molecule has 2 saturated heterocycles. The molecule has 0 radical (unpaired) electrons. The molecule has 0 bridgehead atoms. The average Bonchev–Trinajstić information content (AvgIpc) is 3.54. The number of likely N-dealkylation sites (tertiary alicyclic amines) is 1. The van der Waals surface area contributed by atoms with Crippen LogP contribution in [-0.4, -0.2) is 56.8 Å². The molecule has 1 aromatic heterocycles. The summed E-state index contributed by atoms with van der Waals surface area (Å²) in [6.07, 6.45) is 2.24. The Balaban J connectivity index is 1.32. The summed E-state index contributed by atoms with van der Waals surface area (Å²) in [5, 5.41) is 11.5. The Hall–Kier alpha value is -4.14. The zero-order chi connectivity index (χ0) is 39.1. The van der Waals surface area contributed by atoms with E-state index in [0.717, 1.165) is 37.1 Å². The molecule has 55 heavy (non-hydrogen) atoms. The Morgan fingerprint density at radius 3 is 2.35 bits per heavy atom. The first-order valence-electron chi connectivity index (χ1n) is 18.0. The van der Waals surface area contributed by atoms with E-state index in [1.165, 1.54) is 12.0 Å². The lowest BCUT2D eigenvalue weighted by Crippen LogP contribution is -2.53. The van der Waals surface area contributed by atoms with E-state index in [9.17, 15) is 32.7 Å². The van der Waals surface area contributed by atoms with Gasteiger partial charge >= 0.3 is 6.18 Å². The molecule has 3 heterocycles. The third-order valence-electron chi connectivity index (χ3n) is 12.1. The number of hydrogen-bond donors (Lipinski definition) is 2. The van der Waals surface area contributed by atoms with E-state index in [2.05, 4.69) is 26.3 Å². The van der Waals surface area contributed by atoms with Gasteiger partial charge in [-0.3, -0.25) is 29.5 Å². The van der Waals surface area contributed by atoms with Gasteiger partial charge in [0.15, 0.2) is 17.3 Å². The number of imide groups is 2. The number of hydrazine groups is 1. The van der Waals surface area contributed by atoms with Gasteiger partial charge in [0.2, 0.25) is 11.8 Å². The monoisotopic (exact) mass is 860 g/mol. The predicted molar refractivity (Wildman–Crippen MR) is 198 cm³/mol. The van der Waals surface area contributed by atoms with Gasteiger partial charge in [-0.25, -0.2) is 4.98 Å². The molecule has 2 N–H and O–H groups in total. The van der Waals surface area contributed by atoms with E-state index in [-0.39, 0.29) is 52.5 Å². The molecule has 2 saturated carbocycles. The zero-order valence-corrected chi connectivity index (χ0v) is 32.3. The normalized spacial score (nSPS) is 28.2. The van der Waals surface area contributed by atoms with Crippen molar-refractivity contribution >= 4 is 68.6 Å². The van der Waals surface area contributed by atoms with E-state index in [0.29, 0.717) is 34.0 Å². The van der Waals surface area contributed by atoms with Gasteiger partial charge < -0.3 is 9.84 Å². The molecule has 5 aliphatic rings. The first-order chi connectivity index (χ1) is 26.2. The molecule has 8 rings (SSSR count). The number of anilines is 1. The van der Waals surface area contributed by atoms with Crippen molar-refractivity contribution in [1.29, 1.82) is 0 Å². The minimum absolute atomic E-state index is 0.00301. The number of hydrogen-bond acceptors (Lipinski definition) is 8. The summed E-state index contributed by atoms with van der Waals surface area (Å²) in [5.41, 5.74) is 1.32. The van der Waals surface area contributed by atoms with Crippen molar-refractivity contribution in [2.24, 2.45) is 23.7 Å². The van der Waals surface area contributed by atoms with Gasteiger partial charge in [0.1, 0.15) is 0 Å². The molecule has 10 nitrogen and oxygen atoms in total. The van der Waals surface area contributed by atoms with Crippen LogP contribution in [0, 0.1) is 23.7 Å². The molecule has 6 atom stereocenters.